The van der Waals surface area contributed by atoms with E-state index in [0.29, 0.717) is 5.02 Å². The predicted octanol–water partition coefficient (Wildman–Crippen LogP) is 3.76. The summed E-state index contributed by atoms with van der Waals surface area (Å²) in [6, 6.07) is 5.46. The fraction of sp³-hybridized carbons (Fsp3) is 0.364. The van der Waals surface area contributed by atoms with Crippen LogP contribution in [0.1, 0.15) is 18.9 Å². The van der Waals surface area contributed by atoms with E-state index in [2.05, 4.69) is 21.2 Å². The van der Waals surface area contributed by atoms with Crippen LogP contribution in [-0.2, 0) is 4.79 Å². The van der Waals surface area contributed by atoms with Crippen molar-refractivity contribution in [1.29, 1.82) is 0 Å². The molecule has 0 aliphatic heterocycles. The molecule has 0 spiro atoms. The van der Waals surface area contributed by atoms with Crippen LogP contribution in [0.5, 0.6) is 0 Å². The van der Waals surface area contributed by atoms with E-state index in [-0.39, 0.29) is 10.7 Å². The van der Waals surface area contributed by atoms with Gasteiger partial charge in [0.2, 0.25) is 5.91 Å². The Morgan fingerprint density at radius 3 is 2.87 bits per heavy atom. The SMILES string of the molecule is CCC(Br)C(=O)Nc1cccc(Cl)c1C. The second kappa shape index (κ2) is 5.52. The molecule has 82 valence electrons. The highest BCUT2D eigenvalue weighted by molar-refractivity contribution is 9.10. The molecule has 0 aromatic heterocycles. The molecule has 1 rings (SSSR count). The molecule has 1 unspecified atom stereocenters. The van der Waals surface area contributed by atoms with Crippen molar-refractivity contribution >= 4 is 39.1 Å². The van der Waals surface area contributed by atoms with Crippen molar-refractivity contribution in [3.05, 3.63) is 28.8 Å². The average molecular weight is 291 g/mol. The number of alkyl halides is 1. The Kier molecular flexibility index (Phi) is 4.61. The minimum absolute atomic E-state index is 0.0390. The zero-order valence-electron chi connectivity index (χ0n) is 8.68. The molecule has 1 atom stereocenters. The van der Waals surface area contributed by atoms with Crippen LogP contribution < -0.4 is 5.32 Å². The van der Waals surface area contributed by atoms with Crippen molar-refractivity contribution in [2.45, 2.75) is 25.1 Å². The quantitative estimate of drug-likeness (QED) is 0.844. The second-order valence-corrected chi connectivity index (χ2v) is 4.79. The van der Waals surface area contributed by atoms with Crippen LogP contribution in [0.4, 0.5) is 5.69 Å². The molecular formula is C11H13BrClNO. The number of hydrogen-bond donors (Lipinski definition) is 1. The van der Waals surface area contributed by atoms with Crippen LogP contribution >= 0.6 is 27.5 Å². The van der Waals surface area contributed by atoms with Gasteiger partial charge in [-0.25, -0.2) is 0 Å². The number of benzene rings is 1. The largest absolute Gasteiger partial charge is 0.325 e. The van der Waals surface area contributed by atoms with Gasteiger partial charge < -0.3 is 5.32 Å². The molecule has 1 aromatic rings. The minimum Gasteiger partial charge on any atom is -0.325 e. The summed E-state index contributed by atoms with van der Waals surface area (Å²) >= 11 is 9.25. The number of hydrogen-bond acceptors (Lipinski definition) is 1. The van der Waals surface area contributed by atoms with E-state index in [1.165, 1.54) is 0 Å². The van der Waals surface area contributed by atoms with E-state index in [1.54, 1.807) is 6.07 Å². The first kappa shape index (κ1) is 12.5. The van der Waals surface area contributed by atoms with Crippen molar-refractivity contribution in [3.63, 3.8) is 0 Å². The Morgan fingerprint density at radius 2 is 2.27 bits per heavy atom. The second-order valence-electron chi connectivity index (χ2n) is 3.28. The molecule has 1 N–H and O–H groups in total. The molecule has 0 fully saturated rings. The first-order valence-corrected chi connectivity index (χ1v) is 6.05. The lowest BCUT2D eigenvalue weighted by Gasteiger charge is -2.11. The summed E-state index contributed by atoms with van der Waals surface area (Å²) in [4.78, 5) is 11.4. The summed E-state index contributed by atoms with van der Waals surface area (Å²) in [5.74, 6) is -0.0390. The fourth-order valence-corrected chi connectivity index (χ4v) is 1.43. The lowest BCUT2D eigenvalue weighted by molar-refractivity contribution is -0.115. The molecule has 15 heavy (non-hydrogen) atoms. The Balaban J connectivity index is 2.81. The van der Waals surface area contributed by atoms with Gasteiger partial charge in [-0.3, -0.25) is 4.79 Å². The molecule has 0 saturated carbocycles. The molecule has 4 heteroatoms. The lowest BCUT2D eigenvalue weighted by Crippen LogP contribution is -2.22. The average Bonchev–Trinajstić information content (AvgIpc) is 2.23. The fourth-order valence-electron chi connectivity index (χ4n) is 1.14. The van der Waals surface area contributed by atoms with Gasteiger partial charge in [-0.1, -0.05) is 40.5 Å². The first-order valence-electron chi connectivity index (χ1n) is 4.76. The zero-order chi connectivity index (χ0) is 11.4. The van der Waals surface area contributed by atoms with Crippen LogP contribution in [-0.4, -0.2) is 10.7 Å². The lowest BCUT2D eigenvalue weighted by atomic mass is 10.2. The third kappa shape index (κ3) is 3.21. The van der Waals surface area contributed by atoms with Crippen molar-refractivity contribution in [2.24, 2.45) is 0 Å². The third-order valence-corrected chi connectivity index (χ3v) is 3.64. The Morgan fingerprint density at radius 1 is 1.60 bits per heavy atom. The number of anilines is 1. The molecule has 0 aliphatic carbocycles. The van der Waals surface area contributed by atoms with Gasteiger partial charge >= 0.3 is 0 Å². The summed E-state index contributed by atoms with van der Waals surface area (Å²) in [7, 11) is 0. The van der Waals surface area contributed by atoms with Crippen LogP contribution in [0.15, 0.2) is 18.2 Å². The van der Waals surface area contributed by atoms with E-state index in [9.17, 15) is 4.79 Å². The molecule has 2 nitrogen and oxygen atoms in total. The van der Waals surface area contributed by atoms with Crippen LogP contribution in [0, 0.1) is 6.92 Å². The topological polar surface area (TPSA) is 29.1 Å². The highest BCUT2D eigenvalue weighted by atomic mass is 79.9. The first-order chi connectivity index (χ1) is 7.06. The summed E-state index contributed by atoms with van der Waals surface area (Å²) < 4.78 is 0. The van der Waals surface area contributed by atoms with Crippen LogP contribution in [0.2, 0.25) is 5.02 Å². The van der Waals surface area contributed by atoms with E-state index >= 15 is 0 Å². The molecule has 0 saturated heterocycles. The number of amides is 1. The number of rotatable bonds is 3. The van der Waals surface area contributed by atoms with Gasteiger partial charge in [0.25, 0.3) is 0 Å². The smallest absolute Gasteiger partial charge is 0.238 e. The maximum absolute atomic E-state index is 11.6. The van der Waals surface area contributed by atoms with E-state index in [4.69, 9.17) is 11.6 Å². The van der Waals surface area contributed by atoms with Gasteiger partial charge in [0.1, 0.15) is 0 Å². The van der Waals surface area contributed by atoms with Gasteiger partial charge in [-0.05, 0) is 31.0 Å². The summed E-state index contributed by atoms with van der Waals surface area (Å²) in [5.41, 5.74) is 1.66. The number of carbonyl (C=O) groups is 1. The van der Waals surface area contributed by atoms with Gasteiger partial charge in [-0.15, -0.1) is 0 Å². The summed E-state index contributed by atoms with van der Waals surface area (Å²) in [6.45, 7) is 3.83. The van der Waals surface area contributed by atoms with Gasteiger partial charge in [0.05, 0.1) is 4.83 Å². The highest BCUT2D eigenvalue weighted by Crippen LogP contribution is 2.23. The monoisotopic (exact) mass is 289 g/mol. The molecule has 1 amide bonds. The molecule has 1 aromatic carbocycles. The Hall–Kier alpha value is -0.540. The Bertz CT molecular complexity index is 368. The number of nitrogens with one attached hydrogen (secondary N) is 1. The maximum atomic E-state index is 11.6. The zero-order valence-corrected chi connectivity index (χ0v) is 11.0. The third-order valence-electron chi connectivity index (χ3n) is 2.17. The predicted molar refractivity (Wildman–Crippen MR) is 67.8 cm³/mol. The summed E-state index contributed by atoms with van der Waals surface area (Å²) in [5, 5.41) is 3.49. The molecule has 0 heterocycles. The van der Waals surface area contributed by atoms with Gasteiger partial charge in [-0.2, -0.15) is 0 Å². The Labute approximate surface area is 103 Å². The highest BCUT2D eigenvalue weighted by Gasteiger charge is 2.13. The molecule has 0 aliphatic rings. The van der Waals surface area contributed by atoms with E-state index in [0.717, 1.165) is 17.7 Å². The van der Waals surface area contributed by atoms with Crippen molar-refractivity contribution < 1.29 is 4.79 Å². The van der Waals surface area contributed by atoms with Crippen LogP contribution in [0.25, 0.3) is 0 Å². The summed E-state index contributed by atoms with van der Waals surface area (Å²) in [6.07, 6.45) is 0.755. The van der Waals surface area contributed by atoms with Crippen molar-refractivity contribution in [2.75, 3.05) is 5.32 Å². The number of halogens is 2. The maximum Gasteiger partial charge on any atom is 0.238 e. The van der Waals surface area contributed by atoms with Gasteiger partial charge in [0.15, 0.2) is 0 Å². The standard InChI is InChI=1S/C11H13BrClNO/c1-3-8(12)11(15)14-10-6-4-5-9(13)7(10)2/h4-6,8H,3H2,1-2H3,(H,14,15). The van der Waals surface area contributed by atoms with Crippen molar-refractivity contribution in [1.82, 2.24) is 0 Å². The molecular weight excluding hydrogens is 277 g/mol. The molecule has 0 radical (unpaired) electrons. The number of carbonyl (C=O) groups excluding carboxylic acids is 1. The van der Waals surface area contributed by atoms with Crippen LogP contribution in [0.3, 0.4) is 0 Å². The van der Waals surface area contributed by atoms with E-state index < -0.39 is 0 Å². The molecule has 0 bridgehead atoms. The van der Waals surface area contributed by atoms with E-state index in [1.807, 2.05) is 26.0 Å². The van der Waals surface area contributed by atoms with Crippen molar-refractivity contribution in [3.8, 4) is 0 Å². The minimum atomic E-state index is -0.157. The van der Waals surface area contributed by atoms with Gasteiger partial charge in [0, 0.05) is 10.7 Å². The normalized spacial score (nSPS) is 12.3.